The first-order valence-electron chi connectivity index (χ1n) is 10.7. The van der Waals surface area contributed by atoms with Crippen LogP contribution in [0.5, 0.6) is 0 Å². The zero-order valence-electron chi connectivity index (χ0n) is 18.5. The zero-order chi connectivity index (χ0) is 21.9. The highest BCUT2D eigenvalue weighted by atomic mass is 28.3. The molecule has 1 aliphatic carbocycles. The van der Waals surface area contributed by atoms with Crippen LogP contribution in [0.2, 0.25) is 25.7 Å². The van der Waals surface area contributed by atoms with Crippen molar-refractivity contribution in [2.24, 2.45) is 27.7 Å². The summed E-state index contributed by atoms with van der Waals surface area (Å²) in [6.07, 6.45) is 5.62. The number of azide groups is 1. The summed E-state index contributed by atoms with van der Waals surface area (Å²) < 4.78 is 7.86. The molecule has 10 heteroatoms. The Morgan fingerprint density at radius 3 is 2.87 bits per heavy atom. The molecule has 30 heavy (non-hydrogen) atoms. The van der Waals surface area contributed by atoms with Crippen LogP contribution in [-0.4, -0.2) is 43.5 Å². The first kappa shape index (κ1) is 22.5. The second-order valence-corrected chi connectivity index (χ2v) is 15.1. The molecule has 0 aromatic carbocycles. The Hall–Kier alpha value is -2.13. The van der Waals surface area contributed by atoms with Crippen LogP contribution in [0, 0.1) is 17.2 Å². The number of nitrogens with two attached hydrogens (primary N) is 1. The summed E-state index contributed by atoms with van der Waals surface area (Å²) in [7, 11) is -1.13. The van der Waals surface area contributed by atoms with Crippen LogP contribution in [0.25, 0.3) is 10.4 Å². The maximum absolute atomic E-state index is 8.96. The molecular weight excluding hydrogens is 396 g/mol. The van der Waals surface area contributed by atoms with E-state index in [0.717, 1.165) is 37.0 Å². The van der Waals surface area contributed by atoms with E-state index in [1.165, 1.54) is 0 Å². The van der Waals surface area contributed by atoms with E-state index >= 15 is 0 Å². The minimum atomic E-state index is -1.13. The number of nitrogens with one attached hydrogen (secondary N) is 1. The lowest BCUT2D eigenvalue weighted by Gasteiger charge is -2.35. The molecule has 3 N–H and O–H groups in total. The highest BCUT2D eigenvalue weighted by Gasteiger charge is 2.39. The number of ether oxygens (including phenoxy) is 1. The summed E-state index contributed by atoms with van der Waals surface area (Å²) in [5.74, 6) is 1.59. The van der Waals surface area contributed by atoms with Gasteiger partial charge in [0.25, 0.3) is 0 Å². The quantitative estimate of drug-likeness (QED) is 0.118. The van der Waals surface area contributed by atoms with Gasteiger partial charge in [0.15, 0.2) is 5.82 Å². The lowest BCUT2D eigenvalue weighted by Crippen LogP contribution is -2.51. The number of aromatic nitrogens is 1. The van der Waals surface area contributed by atoms with Gasteiger partial charge in [0.2, 0.25) is 0 Å². The SMILES string of the molecule is CCC1CC(N=[N+]=[N-])CC1C(=N)N1c2ccn(COCC[Si](C)(C)C)c2N=CC1N. The molecule has 2 heterocycles. The van der Waals surface area contributed by atoms with E-state index < -0.39 is 14.2 Å². The molecule has 3 rings (SSSR count). The van der Waals surface area contributed by atoms with Crippen molar-refractivity contribution in [1.29, 1.82) is 5.41 Å². The van der Waals surface area contributed by atoms with E-state index in [-0.39, 0.29) is 12.0 Å². The molecule has 4 unspecified atom stereocenters. The van der Waals surface area contributed by atoms with Gasteiger partial charge < -0.3 is 19.9 Å². The predicted octanol–water partition coefficient (Wildman–Crippen LogP) is 4.70. The second-order valence-electron chi connectivity index (χ2n) is 9.47. The molecule has 0 spiro atoms. The van der Waals surface area contributed by atoms with Crippen molar-refractivity contribution < 1.29 is 4.74 Å². The van der Waals surface area contributed by atoms with Crippen LogP contribution in [-0.2, 0) is 11.5 Å². The van der Waals surface area contributed by atoms with Crippen LogP contribution in [0.15, 0.2) is 22.4 Å². The van der Waals surface area contributed by atoms with Gasteiger partial charge >= 0.3 is 0 Å². The lowest BCUT2D eigenvalue weighted by molar-refractivity contribution is 0.0886. The predicted molar refractivity (Wildman–Crippen MR) is 124 cm³/mol. The van der Waals surface area contributed by atoms with Crippen molar-refractivity contribution >= 4 is 31.6 Å². The summed E-state index contributed by atoms with van der Waals surface area (Å²) >= 11 is 0. The average Bonchev–Trinajstić information content (AvgIpc) is 3.28. The van der Waals surface area contributed by atoms with E-state index in [2.05, 4.69) is 41.6 Å². The Labute approximate surface area is 179 Å². The van der Waals surface area contributed by atoms with Crippen molar-refractivity contribution in [3.05, 3.63) is 22.7 Å². The van der Waals surface area contributed by atoms with E-state index in [0.29, 0.717) is 24.9 Å². The number of nitrogens with zero attached hydrogens (tertiary/aromatic N) is 6. The number of rotatable bonds is 8. The van der Waals surface area contributed by atoms with Crippen molar-refractivity contribution in [1.82, 2.24) is 4.57 Å². The first-order chi connectivity index (χ1) is 14.2. The van der Waals surface area contributed by atoms with Crippen molar-refractivity contribution in [2.45, 2.75) is 70.8 Å². The number of hydrogen-bond acceptors (Lipinski definition) is 5. The third-order valence-electron chi connectivity index (χ3n) is 6.07. The third kappa shape index (κ3) is 4.95. The maximum Gasteiger partial charge on any atom is 0.158 e. The van der Waals surface area contributed by atoms with Gasteiger partial charge in [-0.25, -0.2) is 4.99 Å². The summed E-state index contributed by atoms with van der Waals surface area (Å²) in [5, 5.41) is 12.9. The number of fused-ring (bicyclic) bond motifs is 1. The minimum absolute atomic E-state index is 0.0206. The molecule has 4 atom stereocenters. The van der Waals surface area contributed by atoms with Crippen LogP contribution in [0.4, 0.5) is 11.5 Å². The van der Waals surface area contributed by atoms with E-state index in [1.54, 1.807) is 6.21 Å². The van der Waals surface area contributed by atoms with Gasteiger partial charge in [-0.15, -0.1) is 0 Å². The van der Waals surface area contributed by atoms with Crippen LogP contribution < -0.4 is 10.6 Å². The molecule has 1 aromatic heterocycles. The van der Waals surface area contributed by atoms with Crippen LogP contribution in [0.3, 0.4) is 0 Å². The molecule has 0 saturated heterocycles. The van der Waals surface area contributed by atoms with Gasteiger partial charge in [-0.3, -0.25) is 5.41 Å². The molecule has 0 radical (unpaired) electrons. The monoisotopic (exact) mass is 430 g/mol. The number of anilines is 1. The van der Waals surface area contributed by atoms with Gasteiger partial charge in [0, 0.05) is 44.0 Å². The Kier molecular flexibility index (Phi) is 7.02. The van der Waals surface area contributed by atoms with E-state index in [1.807, 2.05) is 21.7 Å². The van der Waals surface area contributed by atoms with Crippen molar-refractivity contribution in [3.8, 4) is 0 Å². The second kappa shape index (κ2) is 9.34. The average molecular weight is 431 g/mol. The highest BCUT2D eigenvalue weighted by molar-refractivity contribution is 6.76. The molecular formula is C20H34N8OSi. The summed E-state index contributed by atoms with van der Waals surface area (Å²) in [4.78, 5) is 9.39. The van der Waals surface area contributed by atoms with Crippen molar-refractivity contribution in [3.63, 3.8) is 0 Å². The van der Waals surface area contributed by atoms with Gasteiger partial charge in [-0.05, 0) is 36.4 Å². The summed E-state index contributed by atoms with van der Waals surface area (Å²) in [5.41, 5.74) is 16.0. The number of aliphatic imine (C=N–C) groups is 1. The lowest BCUT2D eigenvalue weighted by atomic mass is 9.91. The first-order valence-corrected chi connectivity index (χ1v) is 14.4. The van der Waals surface area contributed by atoms with E-state index in [4.69, 9.17) is 21.4 Å². The largest absolute Gasteiger partial charge is 0.361 e. The van der Waals surface area contributed by atoms with Crippen LogP contribution >= 0.6 is 0 Å². The molecule has 2 aliphatic rings. The molecule has 1 aromatic rings. The fourth-order valence-corrected chi connectivity index (χ4v) is 5.08. The summed E-state index contributed by atoms with van der Waals surface area (Å²) in [6, 6.07) is 3.03. The minimum Gasteiger partial charge on any atom is -0.361 e. The fourth-order valence-electron chi connectivity index (χ4n) is 4.32. The molecule has 9 nitrogen and oxygen atoms in total. The van der Waals surface area contributed by atoms with Crippen molar-refractivity contribution in [2.75, 3.05) is 11.5 Å². The maximum atomic E-state index is 8.96. The number of amidine groups is 1. The fraction of sp³-hybridized carbons (Fsp3) is 0.700. The van der Waals surface area contributed by atoms with E-state index in [9.17, 15) is 0 Å². The molecule has 0 bridgehead atoms. The van der Waals surface area contributed by atoms with Gasteiger partial charge in [0.05, 0.1) is 5.69 Å². The highest BCUT2D eigenvalue weighted by Crippen LogP contribution is 2.41. The summed E-state index contributed by atoms with van der Waals surface area (Å²) in [6.45, 7) is 10.3. The zero-order valence-corrected chi connectivity index (χ0v) is 19.5. The van der Waals surface area contributed by atoms with Gasteiger partial charge in [-0.2, -0.15) is 0 Å². The van der Waals surface area contributed by atoms with Gasteiger partial charge in [0.1, 0.15) is 18.7 Å². The molecule has 1 aliphatic heterocycles. The normalized spacial score (nSPS) is 25.8. The number of hydrogen-bond donors (Lipinski definition) is 2. The molecule has 164 valence electrons. The topological polar surface area (TPSA) is 128 Å². The molecule has 1 fully saturated rings. The Bertz CT molecular complexity index is 838. The Morgan fingerprint density at radius 2 is 2.20 bits per heavy atom. The standard InChI is InChI=1S/C20H34N8OSi/c1-5-14-10-15(25-26-23)11-16(14)19(22)28-17-6-7-27(20(17)24-12-18(28)21)13-29-8-9-30(2,3)4/h6-7,12,14-16,18,22H,5,8-11,13,21H2,1-4H3. The van der Waals surface area contributed by atoms with Crippen LogP contribution in [0.1, 0.15) is 26.2 Å². The Morgan fingerprint density at radius 1 is 1.43 bits per heavy atom. The molecule has 1 saturated carbocycles. The molecule has 0 amide bonds. The third-order valence-corrected chi connectivity index (χ3v) is 7.77. The van der Waals surface area contributed by atoms with Gasteiger partial charge in [-0.1, -0.05) is 38.1 Å². The Balaban J connectivity index is 1.75. The smallest absolute Gasteiger partial charge is 0.158 e.